The molecule has 1 aromatic heterocycles. The Morgan fingerprint density at radius 1 is 0.447 bits per heavy atom. The maximum absolute atomic E-state index is 12.8. The molecular formula is C72H60N2O2. The summed E-state index contributed by atoms with van der Waals surface area (Å²) in [6.45, 7) is 13.2. The first-order chi connectivity index (χ1) is 37.2. The fraction of sp³-hybridized carbons (Fsp3) is 0.139. The average molecular weight is 985 g/mol. The van der Waals surface area contributed by atoms with Gasteiger partial charge in [0.1, 0.15) is 11.3 Å². The molecular weight excluding hydrogens is 925 g/mol. The lowest BCUT2D eigenvalue weighted by atomic mass is 9.90. The Bertz CT molecular complexity index is 4340. The number of nitrogens with zero attached hydrogens (tertiary/aromatic N) is 2. The monoisotopic (exact) mass is 984 g/mol. The number of phenolic OH excluding ortho intramolecular Hbond substituents is 1. The number of rotatable bonds is 11. The Balaban J connectivity index is 1.02. The number of aromatic hydroxyl groups is 1. The van der Waals surface area contributed by atoms with Gasteiger partial charge in [0, 0.05) is 44.0 Å². The molecule has 1 aliphatic rings. The van der Waals surface area contributed by atoms with Gasteiger partial charge in [-0.15, -0.1) is 0 Å². The number of anilines is 6. The van der Waals surface area contributed by atoms with Gasteiger partial charge in [-0.05, 0) is 180 Å². The van der Waals surface area contributed by atoms with E-state index in [-0.39, 0.29) is 5.75 Å². The van der Waals surface area contributed by atoms with Crippen LogP contribution in [0.5, 0.6) is 5.75 Å². The van der Waals surface area contributed by atoms with Gasteiger partial charge in [0.05, 0.1) is 22.7 Å². The van der Waals surface area contributed by atoms with Gasteiger partial charge in [0.15, 0.2) is 5.58 Å². The maximum atomic E-state index is 12.8. The zero-order valence-corrected chi connectivity index (χ0v) is 44.1. The predicted molar refractivity (Wildman–Crippen MR) is 323 cm³/mol. The van der Waals surface area contributed by atoms with Crippen molar-refractivity contribution in [3.05, 3.63) is 239 Å². The van der Waals surface area contributed by atoms with Crippen molar-refractivity contribution in [3.8, 4) is 28.0 Å². The van der Waals surface area contributed by atoms with Crippen molar-refractivity contribution in [3.63, 3.8) is 0 Å². The molecule has 0 unspecified atom stereocenters. The van der Waals surface area contributed by atoms with E-state index in [4.69, 9.17) is 4.42 Å². The topological polar surface area (TPSA) is 39.9 Å². The van der Waals surface area contributed by atoms with Crippen molar-refractivity contribution in [1.29, 1.82) is 0 Å². The summed E-state index contributed by atoms with van der Waals surface area (Å²) in [5.41, 5.74) is 21.7. The molecule has 0 saturated heterocycles. The SMILES string of the molecule is CCC1=C(c2cccc3c2oc2c(N(c4ccc(C)c(C)c4)c4ccc5ccc6c(N(c7ccc(C)c(C)c7)c7cccc(-c8cccc(-c9ccccc9CC)c8)c7O)ccc7ccc4c5c76)cccc23)C=CCC1. The standard InChI is InChI=1S/C72H60N2O2/c1-7-48-17-9-11-21-56(48)52-19-13-20-53(43-52)58-23-15-27-66(70(58)75)73(54-35-29-44(3)46(5)41-54)64-39-33-50-32-38-63-65(40-34-51-31-37-62(64)68(50)69(51)63)74(55-36-30-45(4)47(6)42-55)67-28-16-26-61-60-25-14-24-59(71(60)76-72(61)67)57-22-12-10-18-49(57)8-2/h9,11-17,19-43,75H,7-8,10,18H2,1-6H3. The van der Waals surface area contributed by atoms with Gasteiger partial charge >= 0.3 is 0 Å². The van der Waals surface area contributed by atoms with Crippen LogP contribution in [0.4, 0.5) is 34.1 Å². The summed E-state index contributed by atoms with van der Waals surface area (Å²) in [6, 6.07) is 68.2. The molecule has 0 bridgehead atoms. The molecule has 76 heavy (non-hydrogen) atoms. The van der Waals surface area contributed by atoms with E-state index in [1.54, 1.807) is 0 Å². The van der Waals surface area contributed by atoms with Crippen molar-refractivity contribution >= 4 is 94.0 Å². The number of para-hydroxylation sites is 3. The van der Waals surface area contributed by atoms with Crippen molar-refractivity contribution in [1.82, 2.24) is 0 Å². The quantitative estimate of drug-likeness (QED) is 0.131. The molecule has 0 spiro atoms. The molecule has 11 aromatic carbocycles. The first kappa shape index (κ1) is 46.9. The first-order valence-corrected chi connectivity index (χ1v) is 27.0. The van der Waals surface area contributed by atoms with E-state index in [2.05, 4.69) is 245 Å². The van der Waals surface area contributed by atoms with Crippen LogP contribution in [0, 0.1) is 27.7 Å². The highest BCUT2D eigenvalue weighted by molar-refractivity contribution is 6.28. The molecule has 1 N–H and O–H groups in total. The Morgan fingerprint density at radius 2 is 1.00 bits per heavy atom. The highest BCUT2D eigenvalue weighted by Crippen LogP contribution is 2.52. The van der Waals surface area contributed by atoms with Crippen LogP contribution >= 0.6 is 0 Å². The lowest BCUT2D eigenvalue weighted by Crippen LogP contribution is -2.12. The lowest BCUT2D eigenvalue weighted by Gasteiger charge is -2.30. The number of hydrogen-bond donors (Lipinski definition) is 1. The van der Waals surface area contributed by atoms with Crippen LogP contribution in [-0.2, 0) is 6.42 Å². The van der Waals surface area contributed by atoms with E-state index in [1.165, 1.54) is 55.3 Å². The lowest BCUT2D eigenvalue weighted by molar-refractivity contribution is 0.478. The zero-order chi connectivity index (χ0) is 51.8. The average Bonchev–Trinajstić information content (AvgIpc) is 3.99. The predicted octanol–water partition coefficient (Wildman–Crippen LogP) is 20.8. The number of furan rings is 1. The first-order valence-electron chi connectivity index (χ1n) is 27.0. The zero-order valence-electron chi connectivity index (χ0n) is 44.1. The molecule has 0 amide bonds. The molecule has 12 aromatic rings. The number of fused-ring (bicyclic) bond motifs is 3. The summed E-state index contributed by atoms with van der Waals surface area (Å²) in [5, 5.41) is 21.9. The van der Waals surface area contributed by atoms with E-state index in [9.17, 15) is 5.11 Å². The fourth-order valence-corrected chi connectivity index (χ4v) is 12.2. The summed E-state index contributed by atoms with van der Waals surface area (Å²) in [7, 11) is 0. The van der Waals surface area contributed by atoms with Crippen LogP contribution in [0.2, 0.25) is 0 Å². The summed E-state index contributed by atoms with van der Waals surface area (Å²) in [4.78, 5) is 4.68. The van der Waals surface area contributed by atoms with E-state index in [1.807, 2.05) is 6.07 Å². The third-order valence-corrected chi connectivity index (χ3v) is 16.5. The molecule has 1 heterocycles. The molecule has 0 fully saturated rings. The molecule has 4 nitrogen and oxygen atoms in total. The highest BCUT2D eigenvalue weighted by atomic mass is 16.3. The Labute approximate surface area is 445 Å². The van der Waals surface area contributed by atoms with Crippen molar-refractivity contribution in [2.24, 2.45) is 0 Å². The molecule has 13 rings (SSSR count). The van der Waals surface area contributed by atoms with Crippen LogP contribution in [-0.4, -0.2) is 5.11 Å². The largest absolute Gasteiger partial charge is 0.505 e. The number of aryl methyl sites for hydroxylation is 5. The smallest absolute Gasteiger partial charge is 0.159 e. The van der Waals surface area contributed by atoms with E-state index in [0.29, 0.717) is 5.69 Å². The Hall–Kier alpha value is -8.86. The van der Waals surface area contributed by atoms with Gasteiger partial charge in [0.2, 0.25) is 0 Å². The van der Waals surface area contributed by atoms with E-state index < -0.39 is 0 Å². The van der Waals surface area contributed by atoms with Gasteiger partial charge in [-0.25, -0.2) is 0 Å². The molecule has 370 valence electrons. The summed E-state index contributed by atoms with van der Waals surface area (Å²) < 4.78 is 7.25. The van der Waals surface area contributed by atoms with Crippen LogP contribution in [0.15, 0.2) is 210 Å². The van der Waals surface area contributed by atoms with Crippen molar-refractivity contribution in [2.45, 2.75) is 67.2 Å². The van der Waals surface area contributed by atoms with E-state index >= 15 is 0 Å². The number of phenols is 1. The molecule has 0 atom stereocenters. The number of hydrogen-bond acceptors (Lipinski definition) is 4. The molecule has 1 aliphatic carbocycles. The van der Waals surface area contributed by atoms with Crippen molar-refractivity contribution in [2.75, 3.05) is 9.80 Å². The minimum absolute atomic E-state index is 0.225. The van der Waals surface area contributed by atoms with Gasteiger partial charge < -0.3 is 19.3 Å². The van der Waals surface area contributed by atoms with Gasteiger partial charge in [-0.1, -0.05) is 165 Å². The summed E-state index contributed by atoms with van der Waals surface area (Å²) in [6.07, 6.45) is 8.71. The van der Waals surface area contributed by atoms with Gasteiger partial charge in [0.25, 0.3) is 0 Å². The molecule has 4 heteroatoms. The van der Waals surface area contributed by atoms with Crippen LogP contribution in [0.1, 0.15) is 66.5 Å². The minimum atomic E-state index is 0.225. The van der Waals surface area contributed by atoms with E-state index in [0.717, 1.165) is 120 Å². The highest BCUT2D eigenvalue weighted by Gasteiger charge is 2.27. The van der Waals surface area contributed by atoms with Gasteiger partial charge in [-0.3, -0.25) is 0 Å². The third-order valence-electron chi connectivity index (χ3n) is 16.5. The molecule has 0 radical (unpaired) electrons. The number of allylic oxidation sites excluding steroid dienone is 4. The third kappa shape index (κ3) is 7.65. The van der Waals surface area contributed by atoms with Crippen molar-refractivity contribution < 1.29 is 9.52 Å². The Kier molecular flexibility index (Phi) is 11.6. The Morgan fingerprint density at radius 3 is 1.66 bits per heavy atom. The number of benzene rings is 11. The van der Waals surface area contributed by atoms with Crippen LogP contribution < -0.4 is 9.80 Å². The second-order valence-corrected chi connectivity index (χ2v) is 20.8. The molecule has 0 saturated carbocycles. The fourth-order valence-electron chi connectivity index (χ4n) is 12.2. The van der Waals surface area contributed by atoms with Crippen LogP contribution in [0.3, 0.4) is 0 Å². The minimum Gasteiger partial charge on any atom is -0.505 e. The second-order valence-electron chi connectivity index (χ2n) is 20.8. The summed E-state index contributed by atoms with van der Waals surface area (Å²) >= 11 is 0. The summed E-state index contributed by atoms with van der Waals surface area (Å²) in [5.74, 6) is 0.225. The normalized spacial score (nSPS) is 12.8. The van der Waals surface area contributed by atoms with Gasteiger partial charge in [-0.2, -0.15) is 0 Å². The molecule has 0 aliphatic heterocycles. The van der Waals surface area contributed by atoms with Crippen LogP contribution in [0.25, 0.3) is 82.1 Å². The second kappa shape index (κ2) is 18.8. The maximum Gasteiger partial charge on any atom is 0.159 e.